The molecule has 0 spiro atoms. The monoisotopic (exact) mass is 376 g/mol. The molecular weight excluding hydrogens is 356 g/mol. The molecule has 0 N–H and O–H groups in total. The molecule has 6 heteroatoms. The SMILES string of the molecule is CCSc1sc(C(=O)OC)c2c1C(=O)CC(c1ccc(OC)cc1)C2. The average Bonchev–Trinajstić information content (AvgIpc) is 3.00. The molecule has 2 aromatic rings. The molecule has 3 rings (SSSR count). The highest BCUT2D eigenvalue weighted by molar-refractivity contribution is 8.01. The minimum absolute atomic E-state index is 0.0726. The Morgan fingerprint density at radius 2 is 1.96 bits per heavy atom. The molecule has 0 saturated carbocycles. The zero-order valence-corrected chi connectivity index (χ0v) is 16.1. The molecule has 0 amide bonds. The Bertz CT molecular complexity index is 793. The van der Waals surface area contributed by atoms with E-state index in [1.54, 1.807) is 18.9 Å². The first-order valence-electron chi connectivity index (χ1n) is 8.12. The molecule has 0 bridgehead atoms. The predicted octanol–water partition coefficient (Wildman–Crippen LogP) is 4.57. The number of esters is 1. The van der Waals surface area contributed by atoms with Crippen LogP contribution in [-0.2, 0) is 11.2 Å². The van der Waals surface area contributed by atoms with Crippen LogP contribution in [0.4, 0.5) is 0 Å². The number of carbonyl (C=O) groups excluding carboxylic acids is 2. The van der Waals surface area contributed by atoms with E-state index in [1.807, 2.05) is 31.2 Å². The van der Waals surface area contributed by atoms with E-state index in [0.717, 1.165) is 32.4 Å². The van der Waals surface area contributed by atoms with Crippen LogP contribution in [0, 0.1) is 0 Å². The van der Waals surface area contributed by atoms with Crippen LogP contribution in [0.5, 0.6) is 5.75 Å². The van der Waals surface area contributed by atoms with Crippen LogP contribution in [0.1, 0.15) is 50.4 Å². The second-order valence-corrected chi connectivity index (χ2v) is 8.35. The maximum atomic E-state index is 12.8. The van der Waals surface area contributed by atoms with E-state index in [1.165, 1.54) is 18.4 Å². The van der Waals surface area contributed by atoms with Gasteiger partial charge in [0.15, 0.2) is 5.78 Å². The van der Waals surface area contributed by atoms with Crippen molar-refractivity contribution < 1.29 is 19.1 Å². The Kier molecular flexibility index (Phi) is 5.49. The summed E-state index contributed by atoms with van der Waals surface area (Å²) in [6.07, 6.45) is 1.15. The van der Waals surface area contributed by atoms with Gasteiger partial charge in [0, 0.05) is 12.0 Å². The molecule has 1 aliphatic carbocycles. The summed E-state index contributed by atoms with van der Waals surface area (Å²) in [6, 6.07) is 7.80. The van der Waals surface area contributed by atoms with Gasteiger partial charge in [0.25, 0.3) is 0 Å². The van der Waals surface area contributed by atoms with Crippen molar-refractivity contribution in [3.63, 3.8) is 0 Å². The third kappa shape index (κ3) is 3.46. The largest absolute Gasteiger partial charge is 0.497 e. The second-order valence-electron chi connectivity index (χ2n) is 5.80. The summed E-state index contributed by atoms with van der Waals surface area (Å²) in [5.41, 5.74) is 2.68. The smallest absolute Gasteiger partial charge is 0.348 e. The topological polar surface area (TPSA) is 52.6 Å². The van der Waals surface area contributed by atoms with Crippen LogP contribution in [-0.4, -0.2) is 31.7 Å². The molecule has 0 radical (unpaired) electrons. The van der Waals surface area contributed by atoms with Crippen LogP contribution >= 0.6 is 23.1 Å². The molecule has 4 nitrogen and oxygen atoms in total. The molecule has 1 heterocycles. The molecular formula is C19H20O4S2. The number of rotatable bonds is 5. The second kappa shape index (κ2) is 7.62. The Hall–Kier alpha value is -1.79. The quantitative estimate of drug-likeness (QED) is 0.565. The lowest BCUT2D eigenvalue weighted by atomic mass is 9.80. The number of hydrogen-bond donors (Lipinski definition) is 0. The highest BCUT2D eigenvalue weighted by Gasteiger charge is 2.34. The molecule has 1 aromatic carbocycles. The van der Waals surface area contributed by atoms with Crippen molar-refractivity contribution in [2.75, 3.05) is 20.0 Å². The van der Waals surface area contributed by atoms with E-state index in [0.29, 0.717) is 17.7 Å². The lowest BCUT2D eigenvalue weighted by Gasteiger charge is -2.23. The highest BCUT2D eigenvalue weighted by atomic mass is 32.2. The van der Waals surface area contributed by atoms with E-state index in [2.05, 4.69) is 0 Å². The van der Waals surface area contributed by atoms with Crippen molar-refractivity contribution >= 4 is 34.9 Å². The Balaban J connectivity index is 2.00. The highest BCUT2D eigenvalue weighted by Crippen LogP contribution is 2.44. The molecule has 0 aliphatic heterocycles. The number of ketones is 1. The van der Waals surface area contributed by atoms with E-state index >= 15 is 0 Å². The van der Waals surface area contributed by atoms with Crippen molar-refractivity contribution in [1.82, 2.24) is 0 Å². The number of ether oxygens (including phenoxy) is 2. The summed E-state index contributed by atoms with van der Waals surface area (Å²) < 4.78 is 11.1. The maximum absolute atomic E-state index is 12.8. The van der Waals surface area contributed by atoms with Crippen LogP contribution in [0.25, 0.3) is 0 Å². The number of carbonyl (C=O) groups is 2. The molecule has 0 fully saturated rings. The Morgan fingerprint density at radius 3 is 2.56 bits per heavy atom. The van der Waals surface area contributed by atoms with Gasteiger partial charge in [0.1, 0.15) is 10.6 Å². The fourth-order valence-corrected chi connectivity index (χ4v) is 5.65. The zero-order chi connectivity index (χ0) is 18.0. The van der Waals surface area contributed by atoms with Gasteiger partial charge in [-0.05, 0) is 41.4 Å². The fourth-order valence-electron chi connectivity index (χ4n) is 3.17. The Morgan fingerprint density at radius 1 is 1.24 bits per heavy atom. The minimum Gasteiger partial charge on any atom is -0.497 e. The zero-order valence-electron chi connectivity index (χ0n) is 14.5. The number of methoxy groups -OCH3 is 2. The molecule has 1 atom stereocenters. The third-order valence-corrected chi connectivity index (χ3v) is 6.73. The Labute approximate surface area is 155 Å². The molecule has 1 aliphatic rings. The summed E-state index contributed by atoms with van der Waals surface area (Å²) >= 11 is 3.00. The summed E-state index contributed by atoms with van der Waals surface area (Å²) in [6.45, 7) is 2.04. The van der Waals surface area contributed by atoms with E-state index in [4.69, 9.17) is 9.47 Å². The van der Waals surface area contributed by atoms with Gasteiger partial charge in [0.05, 0.1) is 18.4 Å². The lowest BCUT2D eigenvalue weighted by molar-refractivity contribution is 0.0605. The molecule has 25 heavy (non-hydrogen) atoms. The summed E-state index contributed by atoms with van der Waals surface area (Å²) in [7, 11) is 3.01. The van der Waals surface area contributed by atoms with Crippen LogP contribution in [0.3, 0.4) is 0 Å². The standard InChI is InChI=1S/C19H20O4S2/c1-4-24-19-16-14(17(25-19)18(21)23-3)9-12(10-15(16)20)11-5-7-13(22-2)8-6-11/h5-8,12H,4,9-10H2,1-3H3. The average molecular weight is 376 g/mol. The van der Waals surface area contributed by atoms with E-state index < -0.39 is 0 Å². The molecule has 1 aromatic heterocycles. The number of Topliss-reactive ketones (excluding diaryl/α,β-unsaturated/α-hetero) is 1. The van der Waals surface area contributed by atoms with Gasteiger partial charge >= 0.3 is 5.97 Å². The number of thiophene rings is 1. The predicted molar refractivity (Wildman–Crippen MR) is 100 cm³/mol. The van der Waals surface area contributed by atoms with E-state index in [9.17, 15) is 9.59 Å². The van der Waals surface area contributed by atoms with Crippen LogP contribution in [0.15, 0.2) is 28.5 Å². The van der Waals surface area contributed by atoms with E-state index in [-0.39, 0.29) is 17.7 Å². The van der Waals surface area contributed by atoms with Crippen molar-refractivity contribution in [3.8, 4) is 5.75 Å². The molecule has 0 saturated heterocycles. The minimum atomic E-state index is -0.354. The number of thioether (sulfide) groups is 1. The number of fused-ring (bicyclic) bond motifs is 1. The van der Waals surface area contributed by atoms with Gasteiger partial charge < -0.3 is 9.47 Å². The third-order valence-electron chi connectivity index (χ3n) is 4.37. The first kappa shape index (κ1) is 18.0. The number of hydrogen-bond acceptors (Lipinski definition) is 6. The van der Waals surface area contributed by atoms with Crippen molar-refractivity contribution in [1.29, 1.82) is 0 Å². The van der Waals surface area contributed by atoms with Crippen LogP contribution < -0.4 is 4.74 Å². The van der Waals surface area contributed by atoms with Crippen molar-refractivity contribution in [2.45, 2.75) is 29.9 Å². The van der Waals surface area contributed by atoms with Gasteiger partial charge in [-0.2, -0.15) is 0 Å². The van der Waals surface area contributed by atoms with Gasteiger partial charge in [-0.15, -0.1) is 23.1 Å². The van der Waals surface area contributed by atoms with Gasteiger partial charge in [-0.25, -0.2) is 4.79 Å². The lowest BCUT2D eigenvalue weighted by Crippen LogP contribution is -2.19. The van der Waals surface area contributed by atoms with Crippen molar-refractivity contribution in [2.24, 2.45) is 0 Å². The molecule has 1 unspecified atom stereocenters. The van der Waals surface area contributed by atoms with Gasteiger partial charge in [0.2, 0.25) is 0 Å². The summed E-state index contributed by atoms with van der Waals surface area (Å²) in [5.74, 6) is 1.49. The molecule has 132 valence electrons. The van der Waals surface area contributed by atoms with Gasteiger partial charge in [-0.3, -0.25) is 4.79 Å². The van der Waals surface area contributed by atoms with Crippen LogP contribution in [0.2, 0.25) is 0 Å². The first-order valence-corrected chi connectivity index (χ1v) is 9.93. The first-order chi connectivity index (χ1) is 12.1. The maximum Gasteiger partial charge on any atom is 0.348 e. The van der Waals surface area contributed by atoms with Gasteiger partial charge in [-0.1, -0.05) is 19.1 Å². The number of benzene rings is 1. The fraction of sp³-hybridized carbons (Fsp3) is 0.368. The normalized spacial score (nSPS) is 16.4. The summed E-state index contributed by atoms with van der Waals surface area (Å²) in [4.78, 5) is 25.6. The van der Waals surface area contributed by atoms with Crippen molar-refractivity contribution in [3.05, 3.63) is 45.8 Å². The summed E-state index contributed by atoms with van der Waals surface area (Å²) in [5, 5.41) is 0.